The van der Waals surface area contributed by atoms with Crippen LogP contribution in [0.15, 0.2) is 70.2 Å². The van der Waals surface area contributed by atoms with Gasteiger partial charge in [-0.15, -0.1) is 10.2 Å². The highest BCUT2D eigenvalue weighted by molar-refractivity contribution is 5.97. The number of fused-ring (bicyclic) bond motifs is 1. The van der Waals surface area contributed by atoms with E-state index in [4.69, 9.17) is 14.1 Å². The number of rotatable bonds is 5. The molecule has 6 nitrogen and oxygen atoms in total. The summed E-state index contributed by atoms with van der Waals surface area (Å²) in [7, 11) is 1.65. The third-order valence-corrected chi connectivity index (χ3v) is 4.95. The van der Waals surface area contributed by atoms with Gasteiger partial charge in [-0.3, -0.25) is 9.98 Å². The Labute approximate surface area is 172 Å². The van der Waals surface area contributed by atoms with Gasteiger partial charge < -0.3 is 9.15 Å². The van der Waals surface area contributed by atoms with E-state index in [0.717, 1.165) is 34.0 Å². The van der Waals surface area contributed by atoms with E-state index in [1.54, 1.807) is 25.4 Å². The Kier molecular flexibility index (Phi) is 4.55. The molecule has 0 bridgehead atoms. The van der Waals surface area contributed by atoms with Crippen LogP contribution in [0.25, 0.3) is 22.7 Å². The molecule has 0 atom stereocenters. The molecule has 5 rings (SSSR count). The van der Waals surface area contributed by atoms with E-state index in [-0.39, 0.29) is 5.82 Å². The Balaban J connectivity index is 1.37. The van der Waals surface area contributed by atoms with E-state index < -0.39 is 0 Å². The van der Waals surface area contributed by atoms with Crippen molar-refractivity contribution in [3.63, 3.8) is 0 Å². The summed E-state index contributed by atoms with van der Waals surface area (Å²) in [6, 6.07) is 15.7. The van der Waals surface area contributed by atoms with E-state index in [1.807, 2.05) is 30.3 Å². The van der Waals surface area contributed by atoms with E-state index in [2.05, 4.69) is 15.2 Å². The van der Waals surface area contributed by atoms with E-state index >= 15 is 0 Å². The molecule has 0 amide bonds. The van der Waals surface area contributed by atoms with Crippen molar-refractivity contribution < 1.29 is 13.5 Å². The number of hydrogen-bond donors (Lipinski definition) is 0. The smallest absolute Gasteiger partial charge is 0.247 e. The quantitative estimate of drug-likeness (QED) is 0.480. The first kappa shape index (κ1) is 18.2. The van der Waals surface area contributed by atoms with Crippen molar-refractivity contribution in [2.45, 2.75) is 12.8 Å². The van der Waals surface area contributed by atoms with Gasteiger partial charge in [0, 0.05) is 35.0 Å². The lowest BCUT2D eigenvalue weighted by molar-refractivity contribution is 0.415. The van der Waals surface area contributed by atoms with Crippen LogP contribution < -0.4 is 4.74 Å². The van der Waals surface area contributed by atoms with E-state index in [9.17, 15) is 4.39 Å². The molecule has 2 aromatic carbocycles. The van der Waals surface area contributed by atoms with Gasteiger partial charge in [0.1, 0.15) is 11.6 Å². The number of methoxy groups -OCH3 is 1. The Hall–Kier alpha value is -3.87. The fraction of sp³-hybridized carbons (Fsp3) is 0.130. The Bertz CT molecular complexity index is 1250. The monoisotopic (exact) mass is 400 g/mol. The second kappa shape index (κ2) is 7.51. The Morgan fingerprint density at radius 2 is 1.90 bits per heavy atom. The lowest BCUT2D eigenvalue weighted by Gasteiger charge is -2.08. The summed E-state index contributed by atoms with van der Waals surface area (Å²) in [5.41, 5.74) is 5.45. The summed E-state index contributed by atoms with van der Waals surface area (Å²) >= 11 is 0. The lowest BCUT2D eigenvalue weighted by Crippen LogP contribution is -2.04. The van der Waals surface area contributed by atoms with Crippen LogP contribution in [0, 0.1) is 5.82 Å². The second-order valence-corrected chi connectivity index (χ2v) is 6.93. The highest BCUT2D eigenvalue weighted by atomic mass is 19.1. The van der Waals surface area contributed by atoms with Crippen molar-refractivity contribution in [2.24, 2.45) is 4.99 Å². The van der Waals surface area contributed by atoms with Gasteiger partial charge in [-0.2, -0.15) is 0 Å². The van der Waals surface area contributed by atoms with Crippen molar-refractivity contribution >= 4 is 11.4 Å². The predicted molar refractivity (Wildman–Crippen MR) is 110 cm³/mol. The number of hydrogen-bond acceptors (Lipinski definition) is 6. The number of aromatic nitrogens is 3. The fourth-order valence-electron chi connectivity index (χ4n) is 3.51. The van der Waals surface area contributed by atoms with Crippen molar-refractivity contribution in [3.8, 4) is 28.5 Å². The number of halogens is 1. The van der Waals surface area contributed by atoms with Gasteiger partial charge in [0.2, 0.25) is 11.8 Å². The molecule has 1 aliphatic heterocycles. The molecule has 7 heteroatoms. The van der Waals surface area contributed by atoms with Gasteiger partial charge in [-0.1, -0.05) is 12.1 Å². The van der Waals surface area contributed by atoms with Gasteiger partial charge in [0.25, 0.3) is 0 Å². The summed E-state index contributed by atoms with van der Waals surface area (Å²) in [6.45, 7) is 0. The fourth-order valence-corrected chi connectivity index (χ4v) is 3.51. The van der Waals surface area contributed by atoms with Crippen LogP contribution in [-0.2, 0) is 12.8 Å². The maximum atomic E-state index is 13.1. The normalized spacial score (nSPS) is 12.5. The molecule has 4 aromatic rings. The first-order valence-corrected chi connectivity index (χ1v) is 9.46. The molecule has 1 aliphatic rings. The summed E-state index contributed by atoms with van der Waals surface area (Å²) in [4.78, 5) is 9.31. The third-order valence-electron chi connectivity index (χ3n) is 4.95. The zero-order chi connectivity index (χ0) is 20.5. The first-order chi connectivity index (χ1) is 14.7. The maximum absolute atomic E-state index is 13.1. The molecule has 0 radical (unpaired) electrons. The summed E-state index contributed by atoms with van der Waals surface area (Å²) in [6.07, 6.45) is 2.86. The van der Waals surface area contributed by atoms with Gasteiger partial charge in [0.15, 0.2) is 0 Å². The van der Waals surface area contributed by atoms with Crippen LogP contribution in [0.5, 0.6) is 5.75 Å². The minimum Gasteiger partial charge on any atom is -0.497 e. The maximum Gasteiger partial charge on any atom is 0.247 e. The molecule has 0 aliphatic carbocycles. The highest BCUT2D eigenvalue weighted by Crippen LogP contribution is 2.35. The van der Waals surface area contributed by atoms with Crippen LogP contribution in [0.3, 0.4) is 0 Å². The second-order valence-electron chi connectivity index (χ2n) is 6.93. The van der Waals surface area contributed by atoms with Crippen LogP contribution in [0.2, 0.25) is 0 Å². The molecule has 148 valence electrons. The van der Waals surface area contributed by atoms with Crippen LogP contribution in [0.1, 0.15) is 11.5 Å². The SMILES string of the molecule is COc1cccc(-c2nccc3c2CC(Cc2nnc(-c4ccc(F)cc4)o2)=N3)c1. The number of benzene rings is 2. The summed E-state index contributed by atoms with van der Waals surface area (Å²) < 4.78 is 24.2. The van der Waals surface area contributed by atoms with Crippen molar-refractivity contribution in [2.75, 3.05) is 7.11 Å². The molecule has 30 heavy (non-hydrogen) atoms. The average molecular weight is 400 g/mol. The Morgan fingerprint density at radius 3 is 2.73 bits per heavy atom. The van der Waals surface area contributed by atoms with Gasteiger partial charge in [-0.25, -0.2) is 4.39 Å². The molecular weight excluding hydrogens is 383 g/mol. The van der Waals surface area contributed by atoms with Gasteiger partial charge >= 0.3 is 0 Å². The molecule has 0 fully saturated rings. The standard InChI is InChI=1S/C23H17FN4O2/c1-29-18-4-2-3-15(11-18)22-19-12-17(26-20(19)9-10-25-22)13-21-27-28-23(30-21)14-5-7-16(24)8-6-14/h2-11H,12-13H2,1H3. The summed E-state index contributed by atoms with van der Waals surface area (Å²) in [5.74, 6) is 1.30. The number of pyridine rings is 1. The topological polar surface area (TPSA) is 73.4 Å². The molecule has 0 spiro atoms. The number of aliphatic imine (C=N–C) groups is 1. The van der Waals surface area contributed by atoms with Gasteiger partial charge in [-0.05, 0) is 42.5 Å². The first-order valence-electron chi connectivity index (χ1n) is 9.46. The largest absolute Gasteiger partial charge is 0.497 e. The van der Waals surface area contributed by atoms with Crippen LogP contribution >= 0.6 is 0 Å². The zero-order valence-corrected chi connectivity index (χ0v) is 16.2. The third kappa shape index (κ3) is 3.45. The van der Waals surface area contributed by atoms with Crippen LogP contribution in [-0.4, -0.2) is 28.0 Å². The van der Waals surface area contributed by atoms with E-state index in [1.165, 1.54) is 12.1 Å². The number of ether oxygens (including phenoxy) is 1. The molecule has 2 aromatic heterocycles. The molecule has 0 N–H and O–H groups in total. The molecule has 3 heterocycles. The van der Waals surface area contributed by atoms with Crippen molar-refractivity contribution in [1.82, 2.24) is 15.2 Å². The molecule has 0 saturated heterocycles. The van der Waals surface area contributed by atoms with Crippen molar-refractivity contribution in [3.05, 3.63) is 78.1 Å². The minimum atomic E-state index is -0.308. The zero-order valence-electron chi connectivity index (χ0n) is 16.2. The van der Waals surface area contributed by atoms with Gasteiger partial charge in [0.05, 0.1) is 24.9 Å². The predicted octanol–water partition coefficient (Wildman–Crippen LogP) is 4.82. The molecular formula is C23H17FN4O2. The average Bonchev–Trinajstić information content (AvgIpc) is 3.41. The lowest BCUT2D eigenvalue weighted by atomic mass is 10.0. The number of nitrogens with zero attached hydrogens (tertiary/aromatic N) is 4. The van der Waals surface area contributed by atoms with Crippen molar-refractivity contribution in [1.29, 1.82) is 0 Å². The minimum absolute atomic E-state index is 0.308. The summed E-state index contributed by atoms with van der Waals surface area (Å²) in [5, 5.41) is 8.19. The Morgan fingerprint density at radius 1 is 1.03 bits per heavy atom. The molecule has 0 unspecified atom stereocenters. The molecule has 0 saturated carbocycles. The van der Waals surface area contributed by atoms with E-state index in [0.29, 0.717) is 30.2 Å². The van der Waals surface area contributed by atoms with Crippen LogP contribution in [0.4, 0.5) is 10.1 Å². The highest BCUT2D eigenvalue weighted by Gasteiger charge is 2.22.